The van der Waals surface area contributed by atoms with Crippen LogP contribution in [-0.4, -0.2) is 19.5 Å². The maximum Gasteiger partial charge on any atom is 0.0946 e. The predicted octanol–water partition coefficient (Wildman–Crippen LogP) is 4.01. The monoisotopic (exact) mass is 290 g/mol. The molecule has 2 aromatic heterocycles. The fourth-order valence-corrected chi connectivity index (χ4v) is 2.05. The highest BCUT2D eigenvalue weighted by Crippen LogP contribution is 2.19. The smallest absolute Gasteiger partial charge is 0.0946 e. The lowest BCUT2D eigenvalue weighted by atomic mass is 9.91. The Morgan fingerprint density at radius 2 is 1.67 bits per heavy atom. The zero-order valence-electron chi connectivity index (χ0n) is 14.6. The van der Waals surface area contributed by atoms with Crippen LogP contribution >= 0.6 is 0 Å². The molecular weight excluding hydrogens is 260 g/mol. The summed E-state index contributed by atoms with van der Waals surface area (Å²) in [7, 11) is 2.00. The summed E-state index contributed by atoms with van der Waals surface area (Å²) in [5.41, 5.74) is 3.09. The third-order valence-corrected chi connectivity index (χ3v) is 2.75. The van der Waals surface area contributed by atoms with Crippen molar-refractivity contribution in [3.8, 4) is 0 Å². The summed E-state index contributed by atoms with van der Waals surface area (Å²) in [4.78, 5) is 11.3. The topological polar surface area (TPSA) is 46.5 Å². The molecule has 0 radical (unpaired) electrons. The van der Waals surface area contributed by atoms with Crippen LogP contribution in [0.25, 0.3) is 0 Å². The van der Waals surface area contributed by atoms with E-state index in [1.807, 2.05) is 24.1 Å². The van der Waals surface area contributed by atoms with E-state index in [1.54, 1.807) is 6.33 Å². The lowest BCUT2D eigenvalue weighted by molar-refractivity contribution is 0.406. The summed E-state index contributed by atoms with van der Waals surface area (Å²) in [6.45, 7) is 13.3. The lowest BCUT2D eigenvalue weighted by Gasteiger charge is -2.15. The number of aryl methyl sites for hydroxylation is 1. The first-order chi connectivity index (χ1) is 9.55. The van der Waals surface area contributed by atoms with E-state index in [-0.39, 0.29) is 0 Å². The van der Waals surface area contributed by atoms with Crippen LogP contribution in [0.1, 0.15) is 52.9 Å². The Morgan fingerprint density at radius 1 is 1.05 bits per heavy atom. The summed E-state index contributed by atoms with van der Waals surface area (Å²) < 4.78 is 1.99. The largest absolute Gasteiger partial charge is 0.348 e. The van der Waals surface area contributed by atoms with Crippen molar-refractivity contribution < 1.29 is 0 Å². The number of hydrogen-bond donors (Lipinski definition) is 1. The van der Waals surface area contributed by atoms with Crippen molar-refractivity contribution in [2.45, 2.75) is 54.4 Å². The van der Waals surface area contributed by atoms with E-state index in [9.17, 15) is 0 Å². The number of rotatable bonds is 2. The SMILES string of the molecule is CC(C)(C)Cc1cnc[nH]1.Cn1cnc(CC(C)(C)C)c1. The van der Waals surface area contributed by atoms with Gasteiger partial charge in [0.2, 0.25) is 0 Å². The number of H-pyrrole nitrogens is 1. The number of aromatic amines is 1. The highest BCUT2D eigenvalue weighted by Gasteiger charge is 2.12. The molecule has 4 heteroatoms. The van der Waals surface area contributed by atoms with Gasteiger partial charge in [0.1, 0.15) is 0 Å². The number of nitrogens with one attached hydrogen (secondary N) is 1. The third-order valence-electron chi connectivity index (χ3n) is 2.75. The van der Waals surface area contributed by atoms with E-state index >= 15 is 0 Å². The molecule has 0 aliphatic rings. The molecule has 0 aromatic carbocycles. The number of hydrogen-bond acceptors (Lipinski definition) is 2. The van der Waals surface area contributed by atoms with Crippen LogP contribution in [0.3, 0.4) is 0 Å². The number of aromatic nitrogens is 4. The van der Waals surface area contributed by atoms with Crippen LogP contribution in [-0.2, 0) is 19.9 Å². The zero-order valence-corrected chi connectivity index (χ0v) is 14.6. The molecule has 0 atom stereocenters. The van der Waals surface area contributed by atoms with Gasteiger partial charge in [-0.3, -0.25) is 0 Å². The lowest BCUT2D eigenvalue weighted by Crippen LogP contribution is -2.09. The maximum atomic E-state index is 4.26. The molecule has 2 heterocycles. The molecule has 0 aliphatic carbocycles. The first-order valence-corrected chi connectivity index (χ1v) is 7.49. The van der Waals surface area contributed by atoms with Gasteiger partial charge in [0.05, 0.1) is 18.3 Å². The van der Waals surface area contributed by atoms with Crippen molar-refractivity contribution in [1.29, 1.82) is 0 Å². The molecule has 0 bridgehead atoms. The minimum absolute atomic E-state index is 0.342. The van der Waals surface area contributed by atoms with Crippen molar-refractivity contribution in [3.05, 3.63) is 36.4 Å². The molecule has 1 N–H and O–H groups in total. The molecule has 0 fully saturated rings. The first-order valence-electron chi connectivity index (χ1n) is 7.49. The van der Waals surface area contributed by atoms with Crippen LogP contribution in [0.4, 0.5) is 0 Å². The Kier molecular flexibility index (Phi) is 5.76. The Labute approximate surface area is 129 Å². The Hall–Kier alpha value is -1.58. The van der Waals surface area contributed by atoms with E-state index in [1.165, 1.54) is 11.4 Å². The molecule has 21 heavy (non-hydrogen) atoms. The van der Waals surface area contributed by atoms with Gasteiger partial charge >= 0.3 is 0 Å². The second kappa shape index (κ2) is 6.92. The zero-order chi connectivity index (χ0) is 16.1. The van der Waals surface area contributed by atoms with Crippen molar-refractivity contribution >= 4 is 0 Å². The van der Waals surface area contributed by atoms with Gasteiger partial charge in [-0.2, -0.15) is 0 Å². The van der Waals surface area contributed by atoms with E-state index in [0.29, 0.717) is 10.8 Å². The Morgan fingerprint density at radius 3 is 2.05 bits per heavy atom. The van der Waals surface area contributed by atoms with Crippen LogP contribution < -0.4 is 0 Å². The summed E-state index contributed by atoms with van der Waals surface area (Å²) >= 11 is 0. The van der Waals surface area contributed by atoms with E-state index in [2.05, 4.69) is 62.7 Å². The normalized spacial score (nSPS) is 12.0. The number of nitrogens with zero attached hydrogens (tertiary/aromatic N) is 3. The average molecular weight is 290 g/mol. The number of imidazole rings is 2. The molecule has 118 valence electrons. The highest BCUT2D eigenvalue weighted by atomic mass is 15.0. The highest BCUT2D eigenvalue weighted by molar-refractivity contribution is 4.99. The van der Waals surface area contributed by atoms with Gasteiger partial charge in [-0.1, -0.05) is 41.5 Å². The fourth-order valence-electron chi connectivity index (χ4n) is 2.05. The second-order valence-corrected chi connectivity index (χ2v) is 8.08. The Bertz CT molecular complexity index is 510. The van der Waals surface area contributed by atoms with Gasteiger partial charge in [-0.05, 0) is 23.7 Å². The molecule has 0 unspecified atom stereocenters. The van der Waals surface area contributed by atoms with Gasteiger partial charge in [0, 0.05) is 25.1 Å². The van der Waals surface area contributed by atoms with Crippen molar-refractivity contribution in [3.63, 3.8) is 0 Å². The van der Waals surface area contributed by atoms with E-state index < -0.39 is 0 Å². The quantitative estimate of drug-likeness (QED) is 0.908. The van der Waals surface area contributed by atoms with Crippen LogP contribution in [0, 0.1) is 10.8 Å². The average Bonchev–Trinajstić information content (AvgIpc) is 2.87. The molecule has 0 aliphatic heterocycles. The molecule has 0 amide bonds. The summed E-state index contributed by atoms with van der Waals surface area (Å²) in [5, 5.41) is 0. The predicted molar refractivity (Wildman–Crippen MR) is 88.1 cm³/mol. The third kappa shape index (κ3) is 8.33. The molecule has 0 spiro atoms. The van der Waals surface area contributed by atoms with Gasteiger partial charge in [0.25, 0.3) is 0 Å². The van der Waals surface area contributed by atoms with E-state index in [4.69, 9.17) is 0 Å². The van der Waals surface area contributed by atoms with Crippen molar-refractivity contribution in [2.24, 2.45) is 17.9 Å². The second-order valence-electron chi connectivity index (χ2n) is 8.08. The van der Waals surface area contributed by atoms with Crippen LogP contribution in [0.15, 0.2) is 25.0 Å². The molecule has 0 saturated carbocycles. The molecule has 0 saturated heterocycles. The van der Waals surface area contributed by atoms with Gasteiger partial charge in [0.15, 0.2) is 0 Å². The maximum absolute atomic E-state index is 4.26. The van der Waals surface area contributed by atoms with Crippen molar-refractivity contribution in [1.82, 2.24) is 19.5 Å². The Balaban J connectivity index is 0.000000211. The van der Waals surface area contributed by atoms with Gasteiger partial charge < -0.3 is 9.55 Å². The summed E-state index contributed by atoms with van der Waals surface area (Å²) in [6.07, 6.45) is 9.64. The molecule has 4 nitrogen and oxygen atoms in total. The van der Waals surface area contributed by atoms with Gasteiger partial charge in [-0.15, -0.1) is 0 Å². The fraction of sp³-hybridized carbons (Fsp3) is 0.647. The standard InChI is InChI=1S/C9H16N2.C8H14N2/c1-9(2,3)5-8-6-11(4)7-10-8;1-8(2,3)4-7-5-9-6-10-7/h6-7H,5H2,1-4H3;5-6H,4H2,1-3H3,(H,9,10). The molecule has 2 aromatic rings. The van der Waals surface area contributed by atoms with Gasteiger partial charge in [-0.25, -0.2) is 9.97 Å². The minimum Gasteiger partial charge on any atom is -0.348 e. The van der Waals surface area contributed by atoms with Crippen LogP contribution in [0.5, 0.6) is 0 Å². The summed E-state index contributed by atoms with van der Waals surface area (Å²) in [6, 6.07) is 0. The van der Waals surface area contributed by atoms with Crippen molar-refractivity contribution in [2.75, 3.05) is 0 Å². The van der Waals surface area contributed by atoms with Crippen LogP contribution in [0.2, 0.25) is 0 Å². The minimum atomic E-state index is 0.342. The first kappa shape index (κ1) is 17.5. The van der Waals surface area contributed by atoms with E-state index in [0.717, 1.165) is 12.8 Å². The molecular formula is C17H30N4. The molecule has 2 rings (SSSR count). The summed E-state index contributed by atoms with van der Waals surface area (Å²) in [5.74, 6) is 0.